The van der Waals surface area contributed by atoms with Gasteiger partial charge in [-0.2, -0.15) is 0 Å². The Balaban J connectivity index is 1.75. The number of nitrogens with one attached hydrogen (secondary N) is 5. The highest BCUT2D eigenvalue weighted by Crippen LogP contribution is 2.30. The van der Waals surface area contributed by atoms with Gasteiger partial charge in [-0.1, -0.05) is 0 Å². The van der Waals surface area contributed by atoms with E-state index >= 15 is 0 Å². The number of hydrogen-bond donors (Lipinski definition) is 7. The maximum absolute atomic E-state index is 13.5. The molecular formula is C33H52N8O10S. The summed E-state index contributed by atoms with van der Waals surface area (Å²) in [5.74, 6) is -3.20. The maximum atomic E-state index is 13.5. The fraction of sp³-hybridized carbons (Fsp3) is 0.636. The zero-order chi connectivity index (χ0) is 39.0. The molecule has 4 atom stereocenters. The van der Waals surface area contributed by atoms with Gasteiger partial charge >= 0.3 is 5.97 Å². The summed E-state index contributed by atoms with van der Waals surface area (Å²) < 4.78 is 39.4. The van der Waals surface area contributed by atoms with E-state index in [0.29, 0.717) is 22.4 Å². The number of rotatable bonds is 11. The lowest BCUT2D eigenvalue weighted by Gasteiger charge is -2.25. The number of β-amino-alcohol motifs (C(OH)–C–C–N with tert-alkyl or cyclic N) is 1. The van der Waals surface area contributed by atoms with Crippen molar-refractivity contribution in [2.75, 3.05) is 39.9 Å². The van der Waals surface area contributed by atoms with Gasteiger partial charge in [0.25, 0.3) is 10.0 Å². The second-order valence-corrected chi connectivity index (χ2v) is 15.5. The van der Waals surface area contributed by atoms with Crippen molar-refractivity contribution in [1.29, 1.82) is 0 Å². The lowest BCUT2D eigenvalue weighted by Crippen LogP contribution is -2.55. The number of aryl methyl sites for hydroxylation is 1. The van der Waals surface area contributed by atoms with Crippen molar-refractivity contribution < 1.29 is 47.0 Å². The van der Waals surface area contributed by atoms with E-state index in [0.717, 1.165) is 0 Å². The Morgan fingerprint density at radius 2 is 1.75 bits per heavy atom. The van der Waals surface area contributed by atoms with Crippen LogP contribution < -0.4 is 36.5 Å². The van der Waals surface area contributed by atoms with Crippen LogP contribution in [0.3, 0.4) is 0 Å². The molecule has 0 spiro atoms. The number of carbonyl (C=O) groups is 5. The Labute approximate surface area is 304 Å². The molecule has 290 valence electrons. The first kappa shape index (κ1) is 41.9. The number of methoxy groups -OCH3 is 1. The molecule has 8 N–H and O–H groups in total. The van der Waals surface area contributed by atoms with Crippen LogP contribution in [0.25, 0.3) is 0 Å². The second kappa shape index (κ2) is 17.8. The van der Waals surface area contributed by atoms with E-state index in [1.807, 2.05) is 0 Å². The van der Waals surface area contributed by atoms with Crippen molar-refractivity contribution >= 4 is 45.6 Å². The first-order valence-corrected chi connectivity index (χ1v) is 18.5. The molecule has 1 aromatic rings. The smallest absolute Gasteiger partial charge is 0.308 e. The van der Waals surface area contributed by atoms with E-state index in [1.165, 1.54) is 7.11 Å². The normalized spacial score (nSPS) is 22.4. The van der Waals surface area contributed by atoms with Gasteiger partial charge in [-0.3, -0.25) is 33.9 Å². The number of amides is 4. The standard InChI is InChI=1S/C33H52N8O10S/c1-18-13-25(50-7)19(2)20(3)28(18)52(48,49)40-32(34)35-10-8-9-22-29(45)36-16-26(43)38-23(15-27(44)51-33(4,5)6)30(46)37-21-14-24(31(47)39-22)41(17-21)11-12-42/h13,21-24,42H,8-12,14-17H2,1-7H3,(H,36,45)(H,37,46)(H,38,43)(H,39,47)(H3,34,35,40)/t21-,22-,23-,24-/m0/s1. The molecule has 2 fully saturated rings. The highest BCUT2D eigenvalue weighted by molar-refractivity contribution is 7.90. The van der Waals surface area contributed by atoms with Crippen LogP contribution in [-0.4, -0.2) is 124 Å². The SMILES string of the molecule is COc1cc(C)c(S(=O)(=O)NC(N)=NCCC[C@@H]2NC(=O)[C@@H]3C[C@@H](CN3CCO)NC(=O)[C@H](CC(=O)OC(C)(C)C)NC(=O)CNC2=O)c(C)c1C. The molecule has 2 bridgehead atoms. The summed E-state index contributed by atoms with van der Waals surface area (Å²) in [6, 6.07) is -2.22. The molecule has 1 aromatic carbocycles. The number of ether oxygens (including phenoxy) is 2. The van der Waals surface area contributed by atoms with Crippen LogP contribution in [0.5, 0.6) is 5.75 Å². The maximum Gasteiger partial charge on any atom is 0.308 e. The molecule has 18 nitrogen and oxygen atoms in total. The Bertz CT molecular complexity index is 1660. The van der Waals surface area contributed by atoms with Crippen LogP contribution in [0.15, 0.2) is 16.0 Å². The van der Waals surface area contributed by atoms with Gasteiger partial charge in [-0.25, -0.2) is 13.1 Å². The highest BCUT2D eigenvalue weighted by Gasteiger charge is 2.40. The molecule has 19 heteroatoms. The van der Waals surface area contributed by atoms with Gasteiger partial charge in [0.2, 0.25) is 29.6 Å². The lowest BCUT2D eigenvalue weighted by molar-refractivity contribution is -0.156. The van der Waals surface area contributed by atoms with Gasteiger partial charge < -0.3 is 41.6 Å². The molecule has 0 unspecified atom stereocenters. The summed E-state index contributed by atoms with van der Waals surface area (Å²) in [6.45, 7) is 9.48. The summed E-state index contributed by atoms with van der Waals surface area (Å²) in [5, 5.41) is 20.1. The third-order valence-electron chi connectivity index (χ3n) is 8.58. The van der Waals surface area contributed by atoms with Gasteiger partial charge in [0, 0.05) is 25.7 Å². The van der Waals surface area contributed by atoms with Crippen molar-refractivity contribution in [2.45, 2.75) is 102 Å². The molecule has 0 aliphatic carbocycles. The van der Waals surface area contributed by atoms with Crippen molar-refractivity contribution in [1.82, 2.24) is 30.9 Å². The number of aliphatic imine (C=N–C) groups is 1. The molecule has 3 rings (SSSR count). The Morgan fingerprint density at radius 3 is 2.38 bits per heavy atom. The summed E-state index contributed by atoms with van der Waals surface area (Å²) in [7, 11) is -2.61. The molecule has 0 aromatic heterocycles. The van der Waals surface area contributed by atoms with E-state index < -0.39 is 82.4 Å². The van der Waals surface area contributed by atoms with Crippen LogP contribution in [0.4, 0.5) is 0 Å². The number of esters is 1. The Kier molecular flexibility index (Phi) is 14.4. The van der Waals surface area contributed by atoms with E-state index in [-0.39, 0.29) is 56.4 Å². The van der Waals surface area contributed by atoms with E-state index in [1.54, 1.807) is 52.5 Å². The lowest BCUT2D eigenvalue weighted by atomic mass is 10.1. The van der Waals surface area contributed by atoms with Crippen LogP contribution in [0.2, 0.25) is 0 Å². The average Bonchev–Trinajstić information content (AvgIpc) is 3.43. The Hall–Kier alpha value is -4.49. The molecule has 0 radical (unpaired) electrons. The summed E-state index contributed by atoms with van der Waals surface area (Å²) in [6.07, 6.45) is -0.130. The molecule has 4 amide bonds. The zero-order valence-electron chi connectivity index (χ0n) is 30.8. The summed E-state index contributed by atoms with van der Waals surface area (Å²) in [5.41, 5.74) is 6.71. The quantitative estimate of drug-likeness (QED) is 0.0582. The molecule has 2 heterocycles. The van der Waals surface area contributed by atoms with Crippen LogP contribution >= 0.6 is 0 Å². The monoisotopic (exact) mass is 752 g/mol. The third kappa shape index (κ3) is 11.5. The third-order valence-corrected chi connectivity index (χ3v) is 10.2. The largest absolute Gasteiger partial charge is 0.496 e. The molecular weight excluding hydrogens is 700 g/mol. The van der Waals surface area contributed by atoms with Crippen molar-refractivity contribution in [3.05, 3.63) is 22.8 Å². The van der Waals surface area contributed by atoms with Crippen molar-refractivity contribution in [2.24, 2.45) is 10.7 Å². The number of fused-ring (bicyclic) bond motifs is 2. The summed E-state index contributed by atoms with van der Waals surface area (Å²) >= 11 is 0. The number of nitrogens with zero attached hydrogens (tertiary/aromatic N) is 2. The predicted octanol–water partition coefficient (Wildman–Crippen LogP) is -1.62. The molecule has 2 aliphatic rings. The van der Waals surface area contributed by atoms with Gasteiger partial charge in [0.15, 0.2) is 0 Å². The number of likely N-dealkylation sites (tertiary alicyclic amines) is 1. The van der Waals surface area contributed by atoms with Crippen molar-refractivity contribution in [3.63, 3.8) is 0 Å². The van der Waals surface area contributed by atoms with Crippen LogP contribution in [0.1, 0.15) is 63.1 Å². The summed E-state index contributed by atoms with van der Waals surface area (Å²) in [4.78, 5) is 71.3. The van der Waals surface area contributed by atoms with E-state index in [2.05, 4.69) is 31.0 Å². The predicted molar refractivity (Wildman–Crippen MR) is 190 cm³/mol. The topological polar surface area (TPSA) is 260 Å². The highest BCUT2D eigenvalue weighted by atomic mass is 32.2. The minimum atomic E-state index is -4.11. The number of nitrogens with two attached hydrogens (primary N) is 1. The van der Waals surface area contributed by atoms with E-state index in [9.17, 15) is 37.5 Å². The number of guanidine groups is 1. The minimum Gasteiger partial charge on any atom is -0.496 e. The first-order chi connectivity index (χ1) is 24.3. The van der Waals surface area contributed by atoms with Crippen LogP contribution in [0, 0.1) is 20.8 Å². The van der Waals surface area contributed by atoms with Gasteiger partial charge in [0.05, 0.1) is 37.6 Å². The van der Waals surface area contributed by atoms with Crippen molar-refractivity contribution in [3.8, 4) is 5.75 Å². The number of sulfonamides is 1. The molecule has 0 saturated carbocycles. The number of aliphatic hydroxyl groups excluding tert-OH is 1. The number of benzene rings is 1. The van der Waals surface area contributed by atoms with Crippen LogP contribution in [-0.2, 0) is 38.7 Å². The average molecular weight is 753 g/mol. The van der Waals surface area contributed by atoms with E-state index in [4.69, 9.17) is 15.2 Å². The first-order valence-electron chi connectivity index (χ1n) is 17.0. The minimum absolute atomic E-state index is 0.0192. The van der Waals surface area contributed by atoms with Gasteiger partial charge in [-0.15, -0.1) is 0 Å². The number of hydrogen-bond acceptors (Lipinski definition) is 12. The Morgan fingerprint density at radius 1 is 1.06 bits per heavy atom. The van der Waals surface area contributed by atoms with Gasteiger partial charge in [0.1, 0.15) is 23.4 Å². The molecule has 52 heavy (non-hydrogen) atoms. The molecule has 2 aliphatic heterocycles. The zero-order valence-corrected chi connectivity index (χ0v) is 31.6. The molecule has 2 saturated heterocycles. The number of aliphatic hydroxyl groups is 1. The second-order valence-electron chi connectivity index (χ2n) is 13.9. The van der Waals surface area contributed by atoms with Gasteiger partial charge in [-0.05, 0) is 83.6 Å². The fourth-order valence-electron chi connectivity index (χ4n) is 6.15. The fourth-order valence-corrected chi connectivity index (χ4v) is 7.63. The number of carbonyl (C=O) groups excluding carboxylic acids is 5.